The van der Waals surface area contributed by atoms with Gasteiger partial charge in [0.2, 0.25) is 0 Å². The summed E-state index contributed by atoms with van der Waals surface area (Å²) in [7, 11) is 0. The van der Waals surface area contributed by atoms with Crippen molar-refractivity contribution in [3.63, 3.8) is 0 Å². The number of anilines is 1. The highest BCUT2D eigenvalue weighted by Crippen LogP contribution is 2.26. The summed E-state index contributed by atoms with van der Waals surface area (Å²) in [6.45, 7) is 1.72. The van der Waals surface area contributed by atoms with Gasteiger partial charge in [-0.15, -0.1) is 5.10 Å². The molecule has 2 heterocycles. The molecule has 26 heavy (non-hydrogen) atoms. The van der Waals surface area contributed by atoms with Gasteiger partial charge in [0.05, 0.1) is 5.69 Å². The van der Waals surface area contributed by atoms with Crippen molar-refractivity contribution < 1.29 is 9.32 Å². The number of benzene rings is 2. The van der Waals surface area contributed by atoms with Gasteiger partial charge >= 0.3 is 0 Å². The van der Waals surface area contributed by atoms with Crippen LogP contribution in [0.3, 0.4) is 0 Å². The summed E-state index contributed by atoms with van der Waals surface area (Å²) in [5, 5.41) is 17.9. The predicted octanol–water partition coefficient (Wildman–Crippen LogP) is 2.88. The topological polar surface area (TPSA) is 98.7 Å². The number of aryl methyl sites for hydroxylation is 1. The van der Waals surface area contributed by atoms with E-state index in [0.717, 1.165) is 11.3 Å². The first-order valence-electron chi connectivity index (χ1n) is 7.89. The van der Waals surface area contributed by atoms with E-state index >= 15 is 0 Å². The molecule has 4 aromatic rings. The molecule has 0 fully saturated rings. The van der Waals surface area contributed by atoms with Gasteiger partial charge in [0, 0.05) is 11.3 Å². The fourth-order valence-electron chi connectivity index (χ4n) is 2.60. The number of hydrogen-bond acceptors (Lipinski definition) is 6. The van der Waals surface area contributed by atoms with Crippen LogP contribution in [-0.2, 0) is 0 Å². The zero-order chi connectivity index (χ0) is 17.9. The van der Waals surface area contributed by atoms with Crippen LogP contribution < -0.4 is 5.32 Å². The lowest BCUT2D eigenvalue weighted by Gasteiger charge is -2.07. The second kappa shape index (κ2) is 6.60. The van der Waals surface area contributed by atoms with Gasteiger partial charge in [0.15, 0.2) is 0 Å². The van der Waals surface area contributed by atoms with Crippen LogP contribution in [0.4, 0.5) is 5.69 Å². The van der Waals surface area contributed by atoms with Gasteiger partial charge in [0.25, 0.3) is 5.91 Å². The minimum atomic E-state index is -0.280. The minimum absolute atomic E-state index is 0.280. The molecule has 0 bridgehead atoms. The molecular formula is C18H14N6O2. The summed E-state index contributed by atoms with van der Waals surface area (Å²) in [4.78, 5) is 12.8. The molecule has 0 saturated carbocycles. The Bertz CT molecular complexity index is 1020. The SMILES string of the molecule is Cc1onc(-c2ccccc2)c1C(=O)Nc1ccc(-n2cnnn2)cc1. The molecule has 2 aromatic heterocycles. The van der Waals surface area contributed by atoms with Crippen LogP contribution in [0.25, 0.3) is 16.9 Å². The fraction of sp³-hybridized carbons (Fsp3) is 0.0556. The van der Waals surface area contributed by atoms with Gasteiger partial charge in [-0.2, -0.15) is 0 Å². The molecule has 0 aliphatic carbocycles. The predicted molar refractivity (Wildman–Crippen MR) is 93.8 cm³/mol. The summed E-state index contributed by atoms with van der Waals surface area (Å²) in [6, 6.07) is 16.6. The van der Waals surface area contributed by atoms with Gasteiger partial charge < -0.3 is 9.84 Å². The maximum atomic E-state index is 12.8. The first-order chi connectivity index (χ1) is 12.7. The molecule has 128 valence electrons. The van der Waals surface area contributed by atoms with Crippen molar-refractivity contribution >= 4 is 11.6 Å². The second-order valence-corrected chi connectivity index (χ2v) is 5.58. The molecule has 0 atom stereocenters. The van der Waals surface area contributed by atoms with Crippen LogP contribution in [0.5, 0.6) is 0 Å². The highest BCUT2D eigenvalue weighted by atomic mass is 16.5. The van der Waals surface area contributed by atoms with E-state index in [2.05, 4.69) is 26.0 Å². The molecule has 1 N–H and O–H groups in total. The summed E-state index contributed by atoms with van der Waals surface area (Å²) >= 11 is 0. The summed E-state index contributed by atoms with van der Waals surface area (Å²) < 4.78 is 6.77. The second-order valence-electron chi connectivity index (χ2n) is 5.58. The zero-order valence-corrected chi connectivity index (χ0v) is 13.8. The van der Waals surface area contributed by atoms with Gasteiger partial charge in [-0.05, 0) is 41.6 Å². The highest BCUT2D eigenvalue weighted by Gasteiger charge is 2.21. The average Bonchev–Trinajstić information content (AvgIpc) is 3.33. The highest BCUT2D eigenvalue weighted by molar-refractivity contribution is 6.08. The number of hydrogen-bond donors (Lipinski definition) is 1. The van der Waals surface area contributed by atoms with E-state index in [1.807, 2.05) is 42.5 Å². The molecule has 0 radical (unpaired) electrons. The van der Waals surface area contributed by atoms with Crippen molar-refractivity contribution in [1.29, 1.82) is 0 Å². The van der Waals surface area contributed by atoms with Crippen LogP contribution in [0, 0.1) is 6.92 Å². The monoisotopic (exact) mass is 346 g/mol. The Morgan fingerprint density at radius 2 is 1.85 bits per heavy atom. The summed E-state index contributed by atoms with van der Waals surface area (Å²) in [5.41, 5.74) is 3.20. The number of nitrogens with one attached hydrogen (secondary N) is 1. The van der Waals surface area contributed by atoms with Crippen LogP contribution in [-0.4, -0.2) is 31.3 Å². The maximum Gasteiger partial charge on any atom is 0.261 e. The Balaban J connectivity index is 1.58. The number of rotatable bonds is 4. The molecule has 8 heteroatoms. The van der Waals surface area contributed by atoms with E-state index in [1.54, 1.807) is 19.1 Å². The Morgan fingerprint density at radius 1 is 1.08 bits per heavy atom. The third kappa shape index (κ3) is 2.95. The molecular weight excluding hydrogens is 332 g/mol. The fourth-order valence-corrected chi connectivity index (χ4v) is 2.60. The molecule has 4 rings (SSSR count). The van der Waals surface area contributed by atoms with Crippen molar-refractivity contribution in [3.05, 3.63) is 72.2 Å². The van der Waals surface area contributed by atoms with Gasteiger partial charge in [-0.25, -0.2) is 4.68 Å². The number of carbonyl (C=O) groups is 1. The Labute approximate surface area is 148 Å². The largest absolute Gasteiger partial charge is 0.360 e. The molecule has 0 spiro atoms. The van der Waals surface area contributed by atoms with Crippen LogP contribution in [0.1, 0.15) is 16.1 Å². The number of aromatic nitrogens is 5. The van der Waals surface area contributed by atoms with Crippen molar-refractivity contribution in [3.8, 4) is 16.9 Å². The standard InChI is InChI=1S/C18H14N6O2/c1-12-16(17(21-26-12)13-5-3-2-4-6-13)18(25)20-14-7-9-15(10-8-14)24-11-19-22-23-24/h2-11H,1H3,(H,20,25). The Kier molecular flexibility index (Phi) is 3.98. The lowest BCUT2D eigenvalue weighted by Crippen LogP contribution is -2.13. The van der Waals surface area contributed by atoms with E-state index in [-0.39, 0.29) is 5.91 Å². The molecule has 0 aliphatic heterocycles. The molecule has 0 aliphatic rings. The smallest absolute Gasteiger partial charge is 0.261 e. The van der Waals surface area contributed by atoms with Crippen molar-refractivity contribution in [1.82, 2.24) is 25.4 Å². The van der Waals surface area contributed by atoms with Crippen molar-refractivity contribution in [2.24, 2.45) is 0 Å². The van der Waals surface area contributed by atoms with Crippen LogP contribution in [0.15, 0.2) is 65.4 Å². The number of tetrazole rings is 1. The van der Waals surface area contributed by atoms with Crippen LogP contribution >= 0.6 is 0 Å². The number of amides is 1. The molecule has 2 aromatic carbocycles. The molecule has 0 saturated heterocycles. The summed E-state index contributed by atoms with van der Waals surface area (Å²) in [5.74, 6) is 0.185. The lowest BCUT2D eigenvalue weighted by atomic mass is 10.1. The third-order valence-electron chi connectivity index (χ3n) is 3.88. The zero-order valence-electron chi connectivity index (χ0n) is 13.8. The van der Waals surface area contributed by atoms with Gasteiger partial charge in [-0.1, -0.05) is 35.5 Å². The minimum Gasteiger partial charge on any atom is -0.360 e. The number of carbonyl (C=O) groups excluding carboxylic acids is 1. The van der Waals surface area contributed by atoms with Gasteiger partial charge in [0.1, 0.15) is 23.3 Å². The Morgan fingerprint density at radius 3 is 2.54 bits per heavy atom. The quantitative estimate of drug-likeness (QED) is 0.610. The molecule has 8 nitrogen and oxygen atoms in total. The first kappa shape index (κ1) is 15.7. The van der Waals surface area contributed by atoms with E-state index in [4.69, 9.17) is 4.52 Å². The van der Waals surface area contributed by atoms with Gasteiger partial charge in [-0.3, -0.25) is 4.79 Å². The van der Waals surface area contributed by atoms with Crippen molar-refractivity contribution in [2.45, 2.75) is 6.92 Å². The average molecular weight is 346 g/mol. The third-order valence-corrected chi connectivity index (χ3v) is 3.88. The lowest BCUT2D eigenvalue weighted by molar-refractivity contribution is 0.102. The van der Waals surface area contributed by atoms with E-state index < -0.39 is 0 Å². The summed E-state index contributed by atoms with van der Waals surface area (Å²) in [6.07, 6.45) is 1.50. The van der Waals surface area contributed by atoms with Crippen LogP contribution in [0.2, 0.25) is 0 Å². The molecule has 0 unspecified atom stereocenters. The van der Waals surface area contributed by atoms with E-state index in [9.17, 15) is 4.79 Å². The van der Waals surface area contributed by atoms with E-state index in [1.165, 1.54) is 11.0 Å². The molecule has 1 amide bonds. The normalized spacial score (nSPS) is 10.7. The van der Waals surface area contributed by atoms with Crippen molar-refractivity contribution in [2.75, 3.05) is 5.32 Å². The Hall–Kier alpha value is -3.81. The van der Waals surface area contributed by atoms with E-state index in [0.29, 0.717) is 22.7 Å². The maximum absolute atomic E-state index is 12.8. The number of nitrogens with zero attached hydrogens (tertiary/aromatic N) is 5. The first-order valence-corrected chi connectivity index (χ1v) is 7.89.